The van der Waals surface area contributed by atoms with Gasteiger partial charge in [0.1, 0.15) is 5.82 Å². The lowest BCUT2D eigenvalue weighted by molar-refractivity contribution is 0.628. The molecule has 3 heteroatoms. The SMILES string of the molecule is C=Cc1ccc(N)c(C(=N)/C=C/c2ccc(F)cc2)c1CC.CCCC. The van der Waals surface area contributed by atoms with Crippen LogP contribution in [-0.2, 0) is 6.42 Å². The molecule has 0 fully saturated rings. The minimum Gasteiger partial charge on any atom is -0.398 e. The maximum Gasteiger partial charge on any atom is 0.123 e. The van der Waals surface area contributed by atoms with Crippen molar-refractivity contribution in [3.63, 3.8) is 0 Å². The van der Waals surface area contributed by atoms with Crippen LogP contribution in [0.1, 0.15) is 55.9 Å². The van der Waals surface area contributed by atoms with Gasteiger partial charge in [0.15, 0.2) is 0 Å². The summed E-state index contributed by atoms with van der Waals surface area (Å²) in [5.74, 6) is -0.275. The van der Waals surface area contributed by atoms with Crippen LogP contribution in [0.15, 0.2) is 49.1 Å². The van der Waals surface area contributed by atoms with Crippen LogP contribution in [0.4, 0.5) is 10.1 Å². The standard InChI is InChI=1S/C19H19FN2.C4H10/c1-3-14-8-12-18(22)19(16(14)4-2)17(21)11-7-13-5-9-15(20)10-6-13;1-3-4-2/h3,5-12,21H,1,4,22H2,2H3;3-4H2,1-2H3/b11-7+,21-17?;. The number of nitrogens with one attached hydrogen (secondary N) is 1. The van der Waals surface area contributed by atoms with Crippen molar-refractivity contribution in [2.45, 2.75) is 40.0 Å². The quantitative estimate of drug-likeness (QED) is 0.452. The molecular formula is C23H29FN2. The Morgan fingerprint density at radius 1 is 1.08 bits per heavy atom. The molecule has 26 heavy (non-hydrogen) atoms. The first-order chi connectivity index (χ1) is 12.5. The molecule has 3 N–H and O–H groups in total. The maximum absolute atomic E-state index is 12.9. The van der Waals surface area contributed by atoms with Crippen LogP contribution in [0.25, 0.3) is 12.2 Å². The molecule has 2 aromatic carbocycles. The zero-order chi connectivity index (χ0) is 19.5. The lowest BCUT2D eigenvalue weighted by atomic mass is 9.93. The van der Waals surface area contributed by atoms with Crippen molar-refractivity contribution in [2.75, 3.05) is 5.73 Å². The second-order valence-electron chi connectivity index (χ2n) is 5.95. The summed E-state index contributed by atoms with van der Waals surface area (Å²) in [4.78, 5) is 0. The summed E-state index contributed by atoms with van der Waals surface area (Å²) in [7, 11) is 0. The molecule has 0 bridgehead atoms. The molecule has 2 rings (SSSR count). The van der Waals surface area contributed by atoms with E-state index in [1.54, 1.807) is 36.4 Å². The van der Waals surface area contributed by atoms with Crippen LogP contribution in [0.2, 0.25) is 0 Å². The van der Waals surface area contributed by atoms with E-state index < -0.39 is 0 Å². The van der Waals surface area contributed by atoms with Crippen LogP contribution in [0.5, 0.6) is 0 Å². The van der Waals surface area contributed by atoms with Gasteiger partial charge in [-0.3, -0.25) is 0 Å². The van der Waals surface area contributed by atoms with Gasteiger partial charge in [0, 0.05) is 11.3 Å². The summed E-state index contributed by atoms with van der Waals surface area (Å²) in [5, 5.41) is 8.30. The van der Waals surface area contributed by atoms with Crippen LogP contribution in [0.3, 0.4) is 0 Å². The summed E-state index contributed by atoms with van der Waals surface area (Å²) in [6.45, 7) is 10.2. The molecule has 0 unspecified atom stereocenters. The first kappa shape index (κ1) is 21.4. The predicted octanol–water partition coefficient (Wildman–Crippen LogP) is 6.50. The van der Waals surface area contributed by atoms with Gasteiger partial charge >= 0.3 is 0 Å². The molecular weight excluding hydrogens is 323 g/mol. The number of nitrogen functional groups attached to an aromatic ring is 1. The molecule has 0 heterocycles. The van der Waals surface area contributed by atoms with E-state index in [9.17, 15) is 4.39 Å². The van der Waals surface area contributed by atoms with Crippen molar-refractivity contribution >= 4 is 23.6 Å². The first-order valence-corrected chi connectivity index (χ1v) is 9.04. The highest BCUT2D eigenvalue weighted by molar-refractivity contribution is 6.13. The molecule has 0 aliphatic rings. The number of rotatable bonds is 6. The molecule has 0 amide bonds. The van der Waals surface area contributed by atoms with Crippen molar-refractivity contribution in [3.05, 3.63) is 77.1 Å². The van der Waals surface area contributed by atoms with E-state index >= 15 is 0 Å². The lowest BCUT2D eigenvalue weighted by Gasteiger charge is -2.13. The van der Waals surface area contributed by atoms with Crippen molar-refractivity contribution < 1.29 is 4.39 Å². The third kappa shape index (κ3) is 5.99. The Hall–Kier alpha value is -2.68. The third-order valence-electron chi connectivity index (χ3n) is 4.04. The van der Waals surface area contributed by atoms with Crippen LogP contribution >= 0.6 is 0 Å². The van der Waals surface area contributed by atoms with Crippen molar-refractivity contribution in [2.24, 2.45) is 0 Å². The minimum atomic E-state index is -0.275. The fourth-order valence-corrected chi connectivity index (χ4v) is 2.41. The number of nitrogens with two attached hydrogens (primary N) is 1. The molecule has 0 aliphatic heterocycles. The fraction of sp³-hybridized carbons (Fsp3) is 0.261. The molecule has 2 aromatic rings. The van der Waals surface area contributed by atoms with Gasteiger partial charge in [-0.15, -0.1) is 0 Å². The normalized spacial score (nSPS) is 10.3. The van der Waals surface area contributed by atoms with Crippen LogP contribution < -0.4 is 5.73 Å². The summed E-state index contributed by atoms with van der Waals surface area (Å²) in [6, 6.07) is 9.85. The largest absolute Gasteiger partial charge is 0.398 e. The Kier molecular flexibility index (Phi) is 9.07. The molecule has 0 aromatic heterocycles. The molecule has 2 nitrogen and oxygen atoms in total. The van der Waals surface area contributed by atoms with Gasteiger partial charge in [0.2, 0.25) is 0 Å². The van der Waals surface area contributed by atoms with Crippen molar-refractivity contribution in [1.82, 2.24) is 0 Å². The number of hydrogen-bond acceptors (Lipinski definition) is 2. The minimum absolute atomic E-state index is 0.275. The molecule has 0 aliphatic carbocycles. The van der Waals surface area contributed by atoms with E-state index in [2.05, 4.69) is 20.4 Å². The van der Waals surface area contributed by atoms with Gasteiger partial charge in [0.05, 0.1) is 5.71 Å². The Morgan fingerprint density at radius 2 is 1.69 bits per heavy atom. The Balaban J connectivity index is 0.000000765. The van der Waals surface area contributed by atoms with Gasteiger partial charge < -0.3 is 11.1 Å². The summed E-state index contributed by atoms with van der Waals surface area (Å²) in [5.41, 5.74) is 10.5. The molecule has 0 radical (unpaired) electrons. The first-order valence-electron chi connectivity index (χ1n) is 9.04. The number of hydrogen-bond donors (Lipinski definition) is 2. The summed E-state index contributed by atoms with van der Waals surface area (Å²) in [6.07, 6.45) is 8.65. The maximum atomic E-state index is 12.9. The van der Waals surface area contributed by atoms with E-state index in [1.807, 2.05) is 13.0 Å². The predicted molar refractivity (Wildman–Crippen MR) is 113 cm³/mol. The number of halogens is 1. The number of benzene rings is 2. The highest BCUT2D eigenvalue weighted by Gasteiger charge is 2.11. The van der Waals surface area contributed by atoms with Gasteiger partial charge in [-0.1, -0.05) is 70.5 Å². The topological polar surface area (TPSA) is 49.9 Å². The smallest absolute Gasteiger partial charge is 0.123 e. The second-order valence-corrected chi connectivity index (χ2v) is 5.95. The number of unbranched alkanes of at least 4 members (excludes halogenated alkanes) is 1. The molecule has 0 spiro atoms. The van der Waals surface area contributed by atoms with Crippen molar-refractivity contribution in [3.8, 4) is 0 Å². The molecule has 138 valence electrons. The Labute approximate surface area is 156 Å². The summed E-state index contributed by atoms with van der Waals surface area (Å²) >= 11 is 0. The fourth-order valence-electron chi connectivity index (χ4n) is 2.41. The van der Waals surface area contributed by atoms with Gasteiger partial charge in [0.25, 0.3) is 0 Å². The third-order valence-corrected chi connectivity index (χ3v) is 4.04. The van der Waals surface area contributed by atoms with Gasteiger partial charge in [-0.2, -0.15) is 0 Å². The Bertz CT molecular complexity index is 757. The Morgan fingerprint density at radius 3 is 2.19 bits per heavy atom. The molecule has 0 atom stereocenters. The number of allylic oxidation sites excluding steroid dienone is 1. The van der Waals surface area contributed by atoms with Crippen molar-refractivity contribution in [1.29, 1.82) is 5.41 Å². The molecule has 0 saturated heterocycles. The highest BCUT2D eigenvalue weighted by Crippen LogP contribution is 2.24. The van der Waals surface area contributed by atoms with E-state index in [0.717, 1.165) is 28.7 Å². The monoisotopic (exact) mass is 352 g/mol. The van der Waals surface area contributed by atoms with Gasteiger partial charge in [-0.05, 0) is 47.4 Å². The average Bonchev–Trinajstić information content (AvgIpc) is 2.67. The molecule has 0 saturated carbocycles. The van der Waals surface area contributed by atoms with E-state index in [4.69, 9.17) is 11.1 Å². The second kappa shape index (κ2) is 11.0. The lowest BCUT2D eigenvalue weighted by Crippen LogP contribution is -2.07. The number of anilines is 1. The zero-order valence-electron chi connectivity index (χ0n) is 16.0. The zero-order valence-corrected chi connectivity index (χ0v) is 16.0. The summed E-state index contributed by atoms with van der Waals surface area (Å²) < 4.78 is 12.9. The van der Waals surface area contributed by atoms with E-state index in [1.165, 1.54) is 25.0 Å². The van der Waals surface area contributed by atoms with Gasteiger partial charge in [-0.25, -0.2) is 4.39 Å². The van der Waals surface area contributed by atoms with Crippen LogP contribution in [-0.4, -0.2) is 5.71 Å². The van der Waals surface area contributed by atoms with E-state index in [0.29, 0.717) is 11.4 Å². The highest BCUT2D eigenvalue weighted by atomic mass is 19.1. The van der Waals surface area contributed by atoms with E-state index in [-0.39, 0.29) is 5.82 Å². The average molecular weight is 352 g/mol. The van der Waals surface area contributed by atoms with Crippen LogP contribution in [0, 0.1) is 11.2 Å².